The third kappa shape index (κ3) is 9.25. The van der Waals surface area contributed by atoms with Crippen molar-refractivity contribution >= 4 is 29.9 Å². The summed E-state index contributed by atoms with van der Waals surface area (Å²) in [6.07, 6.45) is 2.28. The van der Waals surface area contributed by atoms with Crippen LogP contribution < -0.4 is 10.6 Å². The van der Waals surface area contributed by atoms with Crippen molar-refractivity contribution in [2.24, 2.45) is 10.9 Å². The van der Waals surface area contributed by atoms with Gasteiger partial charge in [-0.2, -0.15) is 0 Å². The molecular formula is C17H30IN3O. The topological polar surface area (TPSA) is 56.7 Å². The monoisotopic (exact) mass is 419 g/mol. The number of benzene rings is 1. The molecule has 0 aliphatic heterocycles. The van der Waals surface area contributed by atoms with Gasteiger partial charge >= 0.3 is 0 Å². The molecule has 0 saturated carbocycles. The molecule has 1 aromatic rings. The Morgan fingerprint density at radius 1 is 1.23 bits per heavy atom. The molecule has 0 aliphatic carbocycles. The number of hydrogen-bond acceptors (Lipinski definition) is 2. The number of aryl methyl sites for hydroxylation is 1. The summed E-state index contributed by atoms with van der Waals surface area (Å²) in [6.45, 7) is 8.76. The van der Waals surface area contributed by atoms with Gasteiger partial charge in [0.1, 0.15) is 0 Å². The number of rotatable bonds is 8. The molecule has 1 unspecified atom stereocenters. The number of aliphatic hydroxyl groups excluding tert-OH is 1. The first kappa shape index (κ1) is 21.2. The highest BCUT2D eigenvalue weighted by atomic mass is 127. The van der Waals surface area contributed by atoms with Crippen LogP contribution >= 0.6 is 24.0 Å². The highest BCUT2D eigenvalue weighted by Crippen LogP contribution is 2.04. The van der Waals surface area contributed by atoms with E-state index in [1.807, 2.05) is 6.92 Å². The molecule has 0 heterocycles. The quantitative estimate of drug-likeness (QED) is 0.263. The standard InChI is InChI=1S/C17H29N3O.HI/c1-4-5-10-18-17(19-11-15(3)13-21)20-12-16-8-6-14(2)7-9-16;/h6-9,15,21H,4-5,10-13H2,1-3H3,(H2,18,19,20);1H. The zero-order chi connectivity index (χ0) is 15.5. The third-order valence-electron chi connectivity index (χ3n) is 3.29. The smallest absolute Gasteiger partial charge is 0.191 e. The van der Waals surface area contributed by atoms with Gasteiger partial charge in [0.05, 0.1) is 6.54 Å². The van der Waals surface area contributed by atoms with Crippen molar-refractivity contribution < 1.29 is 5.11 Å². The average molecular weight is 419 g/mol. The molecule has 0 bridgehead atoms. The van der Waals surface area contributed by atoms with E-state index in [1.165, 1.54) is 11.1 Å². The van der Waals surface area contributed by atoms with Gasteiger partial charge in [-0.05, 0) is 24.8 Å². The van der Waals surface area contributed by atoms with Gasteiger partial charge < -0.3 is 15.7 Å². The summed E-state index contributed by atoms with van der Waals surface area (Å²) >= 11 is 0. The molecular weight excluding hydrogens is 389 g/mol. The van der Waals surface area contributed by atoms with Crippen LogP contribution in [0.3, 0.4) is 0 Å². The zero-order valence-electron chi connectivity index (χ0n) is 13.9. The van der Waals surface area contributed by atoms with Gasteiger partial charge in [0.15, 0.2) is 5.96 Å². The van der Waals surface area contributed by atoms with Crippen LogP contribution in [0.4, 0.5) is 0 Å². The summed E-state index contributed by atoms with van der Waals surface area (Å²) < 4.78 is 0. The molecule has 0 saturated heterocycles. The van der Waals surface area contributed by atoms with E-state index in [1.54, 1.807) is 0 Å². The lowest BCUT2D eigenvalue weighted by atomic mass is 10.1. The van der Waals surface area contributed by atoms with Crippen LogP contribution in [0.2, 0.25) is 0 Å². The van der Waals surface area contributed by atoms with E-state index in [2.05, 4.69) is 53.7 Å². The fourth-order valence-corrected chi connectivity index (χ4v) is 1.76. The van der Waals surface area contributed by atoms with Gasteiger partial charge in [-0.1, -0.05) is 50.1 Å². The molecule has 1 rings (SSSR count). The van der Waals surface area contributed by atoms with Crippen molar-refractivity contribution in [3.63, 3.8) is 0 Å². The average Bonchev–Trinajstić information content (AvgIpc) is 2.50. The lowest BCUT2D eigenvalue weighted by Crippen LogP contribution is -2.40. The summed E-state index contributed by atoms with van der Waals surface area (Å²) in [6, 6.07) is 8.43. The largest absolute Gasteiger partial charge is 0.396 e. The summed E-state index contributed by atoms with van der Waals surface area (Å²) in [5, 5.41) is 15.7. The van der Waals surface area contributed by atoms with Gasteiger partial charge in [-0.15, -0.1) is 24.0 Å². The van der Waals surface area contributed by atoms with Crippen LogP contribution in [0.1, 0.15) is 37.8 Å². The molecule has 0 amide bonds. The van der Waals surface area contributed by atoms with Crippen LogP contribution in [-0.4, -0.2) is 30.8 Å². The second-order valence-electron chi connectivity index (χ2n) is 5.60. The van der Waals surface area contributed by atoms with Crippen molar-refractivity contribution in [3.8, 4) is 0 Å². The Balaban J connectivity index is 0.00000441. The van der Waals surface area contributed by atoms with Crippen LogP contribution in [0.25, 0.3) is 0 Å². The van der Waals surface area contributed by atoms with Gasteiger partial charge in [0.25, 0.3) is 0 Å². The number of aliphatic hydroxyl groups is 1. The first-order valence-corrected chi connectivity index (χ1v) is 7.84. The van der Waals surface area contributed by atoms with E-state index in [4.69, 9.17) is 5.11 Å². The first-order valence-electron chi connectivity index (χ1n) is 7.84. The molecule has 5 heteroatoms. The maximum absolute atomic E-state index is 9.10. The Kier molecular flexibility index (Phi) is 12.2. The number of halogens is 1. The van der Waals surface area contributed by atoms with Crippen LogP contribution in [0.5, 0.6) is 0 Å². The summed E-state index contributed by atoms with van der Waals surface area (Å²) in [5.74, 6) is 1.05. The van der Waals surface area contributed by atoms with Gasteiger partial charge in [0.2, 0.25) is 0 Å². The van der Waals surface area contributed by atoms with E-state index in [9.17, 15) is 0 Å². The molecule has 1 atom stereocenters. The molecule has 0 fully saturated rings. The van der Waals surface area contributed by atoms with Crippen LogP contribution in [0, 0.1) is 12.8 Å². The second-order valence-corrected chi connectivity index (χ2v) is 5.60. The van der Waals surface area contributed by atoms with E-state index >= 15 is 0 Å². The SMILES string of the molecule is CCCCNC(=NCc1ccc(C)cc1)NCC(C)CO.I. The minimum absolute atomic E-state index is 0. The predicted octanol–water partition coefficient (Wildman–Crippen LogP) is 3.08. The summed E-state index contributed by atoms with van der Waals surface area (Å²) in [5.41, 5.74) is 2.46. The number of nitrogens with zero attached hydrogens (tertiary/aromatic N) is 1. The first-order chi connectivity index (χ1) is 10.2. The molecule has 0 aliphatic rings. The maximum atomic E-state index is 9.10. The van der Waals surface area contributed by atoms with Crippen LogP contribution in [0.15, 0.2) is 29.3 Å². The third-order valence-corrected chi connectivity index (χ3v) is 3.29. The van der Waals surface area contributed by atoms with Crippen molar-refractivity contribution in [2.45, 2.75) is 40.2 Å². The van der Waals surface area contributed by atoms with Gasteiger partial charge in [-0.3, -0.25) is 0 Å². The minimum Gasteiger partial charge on any atom is -0.396 e. The van der Waals surface area contributed by atoms with Crippen molar-refractivity contribution in [2.75, 3.05) is 19.7 Å². The van der Waals surface area contributed by atoms with Gasteiger partial charge in [-0.25, -0.2) is 4.99 Å². The number of guanidine groups is 1. The van der Waals surface area contributed by atoms with Crippen molar-refractivity contribution in [1.82, 2.24) is 10.6 Å². The number of aliphatic imine (C=N–C) groups is 1. The zero-order valence-corrected chi connectivity index (χ0v) is 16.3. The Labute approximate surface area is 151 Å². The van der Waals surface area contributed by atoms with Gasteiger partial charge in [0, 0.05) is 19.7 Å². The molecule has 126 valence electrons. The molecule has 22 heavy (non-hydrogen) atoms. The Hall–Kier alpha value is -0.820. The lowest BCUT2D eigenvalue weighted by Gasteiger charge is -2.15. The second kappa shape index (κ2) is 12.7. The van der Waals surface area contributed by atoms with Crippen molar-refractivity contribution in [1.29, 1.82) is 0 Å². The van der Waals surface area contributed by atoms with E-state index in [0.29, 0.717) is 6.54 Å². The van der Waals surface area contributed by atoms with E-state index < -0.39 is 0 Å². The molecule has 0 radical (unpaired) electrons. The highest BCUT2D eigenvalue weighted by molar-refractivity contribution is 14.0. The van der Waals surface area contributed by atoms with E-state index in [-0.39, 0.29) is 36.5 Å². The highest BCUT2D eigenvalue weighted by Gasteiger charge is 2.03. The van der Waals surface area contributed by atoms with Crippen LogP contribution in [-0.2, 0) is 6.54 Å². The molecule has 0 spiro atoms. The number of unbranched alkanes of at least 4 members (excludes halogenated alkanes) is 1. The number of hydrogen-bond donors (Lipinski definition) is 3. The number of nitrogens with one attached hydrogen (secondary N) is 2. The maximum Gasteiger partial charge on any atom is 0.191 e. The minimum atomic E-state index is 0. The predicted molar refractivity (Wildman–Crippen MR) is 105 cm³/mol. The molecule has 3 N–H and O–H groups in total. The fraction of sp³-hybridized carbons (Fsp3) is 0.588. The molecule has 0 aromatic heterocycles. The Morgan fingerprint density at radius 3 is 2.50 bits per heavy atom. The normalized spacial score (nSPS) is 12.5. The lowest BCUT2D eigenvalue weighted by molar-refractivity contribution is 0.238. The Bertz CT molecular complexity index is 420. The fourth-order valence-electron chi connectivity index (χ4n) is 1.76. The summed E-state index contributed by atoms with van der Waals surface area (Å²) in [7, 11) is 0. The summed E-state index contributed by atoms with van der Waals surface area (Å²) in [4.78, 5) is 4.61. The van der Waals surface area contributed by atoms with E-state index in [0.717, 1.165) is 31.9 Å². The Morgan fingerprint density at radius 2 is 1.91 bits per heavy atom. The molecule has 1 aromatic carbocycles. The molecule has 4 nitrogen and oxygen atoms in total. The van der Waals surface area contributed by atoms with Crippen molar-refractivity contribution in [3.05, 3.63) is 35.4 Å².